The molecule has 0 saturated carbocycles. The number of nitrogens with one attached hydrogen (secondary N) is 2. The quantitative estimate of drug-likeness (QED) is 0.541. The fourth-order valence-electron chi connectivity index (χ4n) is 2.47. The highest BCUT2D eigenvalue weighted by atomic mass is 19.4. The lowest BCUT2D eigenvalue weighted by molar-refractivity contribution is -0.141. The van der Waals surface area contributed by atoms with E-state index >= 15 is 0 Å². The molecule has 3 heterocycles. The average molecular weight is 387 g/mol. The number of aliphatic hydroxyl groups is 2. The molecule has 0 amide bonds. The Hall–Kier alpha value is -2.64. The first kappa shape index (κ1) is 19.1. The lowest BCUT2D eigenvalue weighted by Gasteiger charge is -2.38. The number of aliphatic hydroxyl groups excluding tert-OH is 2. The largest absolute Gasteiger partial charge is 0.434 e. The summed E-state index contributed by atoms with van der Waals surface area (Å²) in [6.45, 7) is 0.0397. The Kier molecular flexibility index (Phi) is 5.62. The van der Waals surface area contributed by atoms with Crippen molar-refractivity contribution in [1.82, 2.24) is 24.9 Å². The second kappa shape index (κ2) is 7.94. The molecule has 4 atom stereocenters. The van der Waals surface area contributed by atoms with Crippen LogP contribution in [0, 0.1) is 0 Å². The maximum Gasteiger partial charge on any atom is 0.434 e. The predicted octanol–water partition coefficient (Wildman–Crippen LogP) is -0.306. The summed E-state index contributed by atoms with van der Waals surface area (Å²) in [5, 5.41) is 25.9. The van der Waals surface area contributed by atoms with Crippen LogP contribution in [0.4, 0.5) is 24.9 Å². The number of halogens is 3. The average Bonchev–Trinajstić information content (AvgIpc) is 2.65. The maximum atomic E-state index is 12.7. The van der Waals surface area contributed by atoms with Crippen LogP contribution in [0.15, 0.2) is 25.0 Å². The number of anilines is 2. The van der Waals surface area contributed by atoms with E-state index in [1.165, 1.54) is 12.7 Å². The number of hydrogen-bond donors (Lipinski definition) is 4. The molecule has 3 rings (SSSR count). The topological polar surface area (TPSA) is 138 Å². The second-order valence-electron chi connectivity index (χ2n) is 5.73. The van der Waals surface area contributed by atoms with Crippen molar-refractivity contribution in [3.8, 4) is 0 Å². The highest BCUT2D eigenvalue weighted by molar-refractivity contribution is 5.34. The molecule has 10 nitrogen and oxygen atoms in total. The summed E-state index contributed by atoms with van der Waals surface area (Å²) >= 11 is 0. The van der Waals surface area contributed by atoms with E-state index in [0.29, 0.717) is 6.20 Å². The first-order valence-electron chi connectivity index (χ1n) is 7.84. The maximum absolute atomic E-state index is 12.7. The molecule has 0 aliphatic carbocycles. The number of nitrogens with zero attached hydrogens (tertiary/aromatic N) is 5. The smallest absolute Gasteiger partial charge is 0.388 e. The molecule has 0 bridgehead atoms. The Morgan fingerprint density at radius 2 is 1.85 bits per heavy atom. The van der Waals surface area contributed by atoms with E-state index in [1.54, 1.807) is 0 Å². The third-order valence-electron chi connectivity index (χ3n) is 3.85. The molecule has 0 radical (unpaired) electrons. The standard InChI is InChI=1S/C14H16F3N7O3/c15-14(16,17)9-2-18-3-10(24-9)23-7-4-27-8(12(26)11(7)25)1-20-13-21-5-19-6-22-13/h2-3,5-8,11-12,25-26H,1,4H2,(H,23,24)(H,19,20,21,22)/t7-,8+,11+,12-/m0/s1. The van der Waals surface area contributed by atoms with Crippen molar-refractivity contribution >= 4 is 11.8 Å². The van der Waals surface area contributed by atoms with Crippen LogP contribution in [0.25, 0.3) is 0 Å². The fourth-order valence-corrected chi connectivity index (χ4v) is 2.47. The van der Waals surface area contributed by atoms with E-state index in [9.17, 15) is 23.4 Å². The molecule has 2 aromatic rings. The van der Waals surface area contributed by atoms with Crippen LogP contribution in [0.2, 0.25) is 0 Å². The zero-order chi connectivity index (χ0) is 19.4. The molecule has 2 aromatic heterocycles. The van der Waals surface area contributed by atoms with Crippen molar-refractivity contribution in [1.29, 1.82) is 0 Å². The van der Waals surface area contributed by atoms with Gasteiger partial charge in [-0.05, 0) is 0 Å². The summed E-state index contributed by atoms with van der Waals surface area (Å²) in [6.07, 6.45) is -3.76. The van der Waals surface area contributed by atoms with Gasteiger partial charge in [0.2, 0.25) is 5.95 Å². The van der Waals surface area contributed by atoms with Crippen molar-refractivity contribution in [2.45, 2.75) is 30.5 Å². The Morgan fingerprint density at radius 1 is 1.11 bits per heavy atom. The third kappa shape index (κ3) is 4.75. The van der Waals surface area contributed by atoms with Gasteiger partial charge in [-0.25, -0.2) is 19.9 Å². The minimum atomic E-state index is -4.64. The summed E-state index contributed by atoms with van der Waals surface area (Å²) in [5.74, 6) is 0.0845. The molecular formula is C14H16F3N7O3. The Bertz CT molecular complexity index is 752. The molecule has 1 aliphatic rings. The molecule has 4 N–H and O–H groups in total. The first-order chi connectivity index (χ1) is 12.8. The van der Waals surface area contributed by atoms with Gasteiger partial charge in [-0.1, -0.05) is 0 Å². The Balaban J connectivity index is 1.59. The summed E-state index contributed by atoms with van der Waals surface area (Å²) in [6, 6.07) is -0.869. The number of ether oxygens (including phenoxy) is 1. The fraction of sp³-hybridized carbons (Fsp3) is 0.500. The molecule has 1 fully saturated rings. The summed E-state index contributed by atoms with van der Waals surface area (Å²) in [7, 11) is 0. The van der Waals surface area contributed by atoms with Gasteiger partial charge < -0.3 is 25.6 Å². The van der Waals surface area contributed by atoms with Gasteiger partial charge in [0.05, 0.1) is 25.0 Å². The first-order valence-corrected chi connectivity index (χ1v) is 7.84. The molecule has 1 saturated heterocycles. The van der Waals surface area contributed by atoms with Gasteiger partial charge in [0, 0.05) is 6.54 Å². The van der Waals surface area contributed by atoms with E-state index in [4.69, 9.17) is 4.74 Å². The van der Waals surface area contributed by atoms with Gasteiger partial charge in [0.1, 0.15) is 36.8 Å². The molecule has 0 unspecified atom stereocenters. The molecule has 0 aromatic carbocycles. The van der Waals surface area contributed by atoms with Crippen molar-refractivity contribution < 1.29 is 28.1 Å². The zero-order valence-corrected chi connectivity index (χ0v) is 13.7. The van der Waals surface area contributed by atoms with Gasteiger partial charge in [0.15, 0.2) is 5.69 Å². The third-order valence-corrected chi connectivity index (χ3v) is 3.85. The monoisotopic (exact) mass is 387 g/mol. The lowest BCUT2D eigenvalue weighted by Crippen LogP contribution is -2.57. The van der Waals surface area contributed by atoms with Crippen LogP contribution in [0.3, 0.4) is 0 Å². The van der Waals surface area contributed by atoms with Gasteiger partial charge in [-0.3, -0.25) is 4.98 Å². The van der Waals surface area contributed by atoms with E-state index in [0.717, 1.165) is 6.20 Å². The van der Waals surface area contributed by atoms with Gasteiger partial charge >= 0.3 is 6.18 Å². The number of rotatable bonds is 5. The lowest BCUT2D eigenvalue weighted by atomic mass is 9.98. The van der Waals surface area contributed by atoms with Crippen molar-refractivity contribution in [3.05, 3.63) is 30.7 Å². The van der Waals surface area contributed by atoms with E-state index < -0.39 is 36.2 Å². The summed E-state index contributed by atoms with van der Waals surface area (Å²) < 4.78 is 43.6. The van der Waals surface area contributed by atoms with Crippen LogP contribution in [0.1, 0.15) is 5.69 Å². The SMILES string of the molecule is O[C@@H]1[C@H](O)[C@@H](Nc2cncc(C(F)(F)F)n2)CO[C@@H]1CNc1ncncn1. The van der Waals surface area contributed by atoms with Crippen molar-refractivity contribution in [3.63, 3.8) is 0 Å². The summed E-state index contributed by atoms with van der Waals surface area (Å²) in [5.41, 5.74) is -1.17. The van der Waals surface area contributed by atoms with Crippen LogP contribution in [-0.4, -0.2) is 72.6 Å². The molecule has 0 spiro atoms. The minimum Gasteiger partial charge on any atom is -0.388 e. The Labute approximate surface area is 150 Å². The second-order valence-corrected chi connectivity index (χ2v) is 5.73. The molecule has 27 heavy (non-hydrogen) atoms. The van der Waals surface area contributed by atoms with Crippen molar-refractivity contribution in [2.75, 3.05) is 23.8 Å². The molecule has 146 valence electrons. The van der Waals surface area contributed by atoms with E-state index in [2.05, 4.69) is 35.6 Å². The number of aromatic nitrogens is 5. The normalized spacial score (nSPS) is 25.8. The van der Waals surface area contributed by atoms with Crippen LogP contribution in [0.5, 0.6) is 0 Å². The predicted molar refractivity (Wildman–Crippen MR) is 84.5 cm³/mol. The van der Waals surface area contributed by atoms with Gasteiger partial charge in [0.25, 0.3) is 0 Å². The zero-order valence-electron chi connectivity index (χ0n) is 13.7. The van der Waals surface area contributed by atoms with E-state index in [1.807, 2.05) is 0 Å². The highest BCUT2D eigenvalue weighted by Gasteiger charge is 2.39. The molecular weight excluding hydrogens is 371 g/mol. The van der Waals surface area contributed by atoms with Crippen molar-refractivity contribution in [2.24, 2.45) is 0 Å². The Morgan fingerprint density at radius 3 is 2.56 bits per heavy atom. The minimum absolute atomic E-state index is 0.0697. The number of alkyl halides is 3. The molecule has 1 aliphatic heterocycles. The van der Waals surface area contributed by atoms with Gasteiger partial charge in [-0.2, -0.15) is 13.2 Å². The van der Waals surface area contributed by atoms with Crippen LogP contribution in [-0.2, 0) is 10.9 Å². The summed E-state index contributed by atoms with van der Waals surface area (Å²) in [4.78, 5) is 18.3. The van der Waals surface area contributed by atoms with E-state index in [-0.39, 0.29) is 24.9 Å². The molecule has 13 heteroatoms. The number of hydrogen-bond acceptors (Lipinski definition) is 10. The highest BCUT2D eigenvalue weighted by Crippen LogP contribution is 2.28. The van der Waals surface area contributed by atoms with Gasteiger partial charge in [-0.15, -0.1) is 0 Å². The van der Waals surface area contributed by atoms with Crippen LogP contribution >= 0.6 is 0 Å². The van der Waals surface area contributed by atoms with Crippen LogP contribution < -0.4 is 10.6 Å².